The third-order valence-corrected chi connectivity index (χ3v) is 4.25. The van der Waals surface area contributed by atoms with Crippen molar-refractivity contribution in [1.82, 2.24) is 15.6 Å². The Kier molecular flexibility index (Phi) is 4.55. The van der Waals surface area contributed by atoms with E-state index in [0.29, 0.717) is 13.1 Å². The number of nitrogens with zero attached hydrogens (tertiary/aromatic N) is 1. The Morgan fingerprint density at radius 1 is 1.13 bits per heavy atom. The Balaban J connectivity index is 1.44. The summed E-state index contributed by atoms with van der Waals surface area (Å²) < 4.78 is 12.9. The van der Waals surface area contributed by atoms with E-state index in [9.17, 15) is 9.18 Å². The van der Waals surface area contributed by atoms with E-state index in [0.717, 1.165) is 30.4 Å². The molecular weight excluding hydrogens is 293 g/mol. The largest absolute Gasteiger partial charge is 0.338 e. The molecule has 120 valence electrons. The summed E-state index contributed by atoms with van der Waals surface area (Å²) in [4.78, 5) is 15.9. The molecule has 0 unspecified atom stereocenters. The van der Waals surface area contributed by atoms with Crippen LogP contribution < -0.4 is 10.6 Å². The molecule has 1 aromatic heterocycles. The molecule has 0 aliphatic heterocycles. The van der Waals surface area contributed by atoms with E-state index in [-0.39, 0.29) is 17.3 Å². The molecule has 0 bridgehead atoms. The summed E-state index contributed by atoms with van der Waals surface area (Å²) in [7, 11) is 0. The van der Waals surface area contributed by atoms with E-state index < -0.39 is 0 Å². The predicted octanol–water partition coefficient (Wildman–Crippen LogP) is 3.04. The average Bonchev–Trinajstić information content (AvgIpc) is 3.34. The Bertz CT molecular complexity index is 654. The zero-order valence-electron chi connectivity index (χ0n) is 12.9. The van der Waals surface area contributed by atoms with Crippen molar-refractivity contribution in [3.8, 4) is 0 Å². The smallest absolute Gasteiger partial charge is 0.315 e. The minimum atomic E-state index is -0.216. The Hall–Kier alpha value is -2.43. The standard InChI is InChI=1S/C18H20FN3O/c19-16-5-3-14(4-6-16)10-18(7-8-18)13-22-17(23)21-12-15-2-1-9-20-11-15/h1-6,9,11H,7-8,10,12-13H2,(H2,21,22,23). The van der Waals surface area contributed by atoms with E-state index in [1.54, 1.807) is 12.4 Å². The number of halogens is 1. The lowest BCUT2D eigenvalue weighted by atomic mass is 9.96. The van der Waals surface area contributed by atoms with Crippen LogP contribution in [0.5, 0.6) is 0 Å². The van der Waals surface area contributed by atoms with Gasteiger partial charge in [-0.2, -0.15) is 0 Å². The highest BCUT2D eigenvalue weighted by Crippen LogP contribution is 2.47. The van der Waals surface area contributed by atoms with Crippen LogP contribution in [0.15, 0.2) is 48.8 Å². The first-order chi connectivity index (χ1) is 11.2. The molecule has 2 amide bonds. The molecule has 0 radical (unpaired) electrons. The quantitative estimate of drug-likeness (QED) is 0.861. The number of carbonyl (C=O) groups is 1. The lowest BCUT2D eigenvalue weighted by molar-refractivity contribution is 0.237. The topological polar surface area (TPSA) is 54.0 Å². The lowest BCUT2D eigenvalue weighted by Crippen LogP contribution is -2.38. The van der Waals surface area contributed by atoms with Crippen LogP contribution in [0.4, 0.5) is 9.18 Å². The molecular formula is C18H20FN3O. The molecule has 1 aromatic carbocycles. The van der Waals surface area contributed by atoms with E-state index >= 15 is 0 Å². The van der Waals surface area contributed by atoms with Gasteiger partial charge in [-0.25, -0.2) is 9.18 Å². The molecule has 1 saturated carbocycles. The van der Waals surface area contributed by atoms with Gasteiger partial charge in [-0.15, -0.1) is 0 Å². The maximum absolute atomic E-state index is 12.9. The van der Waals surface area contributed by atoms with Crippen molar-refractivity contribution in [3.05, 3.63) is 65.7 Å². The van der Waals surface area contributed by atoms with Gasteiger partial charge in [0, 0.05) is 25.5 Å². The minimum absolute atomic E-state index is 0.128. The van der Waals surface area contributed by atoms with Gasteiger partial charge in [-0.05, 0) is 54.0 Å². The van der Waals surface area contributed by atoms with Gasteiger partial charge in [0.1, 0.15) is 5.82 Å². The third kappa shape index (κ3) is 4.52. The predicted molar refractivity (Wildman–Crippen MR) is 86.2 cm³/mol. The third-order valence-electron chi connectivity index (χ3n) is 4.25. The van der Waals surface area contributed by atoms with E-state index in [2.05, 4.69) is 15.6 Å². The molecule has 1 aliphatic rings. The zero-order valence-corrected chi connectivity index (χ0v) is 12.9. The van der Waals surface area contributed by atoms with Crippen molar-refractivity contribution < 1.29 is 9.18 Å². The van der Waals surface area contributed by atoms with Gasteiger partial charge in [0.15, 0.2) is 0 Å². The summed E-state index contributed by atoms with van der Waals surface area (Å²) in [6, 6.07) is 10.2. The molecule has 5 heteroatoms. The highest BCUT2D eigenvalue weighted by Gasteiger charge is 2.42. The van der Waals surface area contributed by atoms with E-state index in [4.69, 9.17) is 0 Å². The van der Waals surface area contributed by atoms with Gasteiger partial charge >= 0.3 is 6.03 Å². The Labute approximate surface area is 135 Å². The van der Waals surface area contributed by atoms with E-state index in [1.165, 1.54) is 12.1 Å². The number of rotatable bonds is 6. The van der Waals surface area contributed by atoms with Crippen LogP contribution in [0.3, 0.4) is 0 Å². The van der Waals surface area contributed by atoms with Crippen LogP contribution in [-0.2, 0) is 13.0 Å². The SMILES string of the molecule is O=C(NCc1cccnc1)NCC1(Cc2ccc(F)cc2)CC1. The monoisotopic (exact) mass is 313 g/mol. The molecule has 23 heavy (non-hydrogen) atoms. The van der Waals surface area contributed by atoms with Crippen molar-refractivity contribution in [2.45, 2.75) is 25.8 Å². The first-order valence-corrected chi connectivity index (χ1v) is 7.80. The maximum atomic E-state index is 12.9. The number of carbonyl (C=O) groups excluding carboxylic acids is 1. The van der Waals surface area contributed by atoms with Crippen LogP contribution in [0.2, 0.25) is 0 Å². The first kappa shape index (κ1) is 15.5. The Morgan fingerprint density at radius 2 is 1.91 bits per heavy atom. The summed E-state index contributed by atoms with van der Waals surface area (Å²) in [5, 5.41) is 5.77. The van der Waals surface area contributed by atoms with Crippen molar-refractivity contribution in [2.75, 3.05) is 6.54 Å². The normalized spacial score (nSPS) is 15.0. The molecule has 0 saturated heterocycles. The fourth-order valence-electron chi connectivity index (χ4n) is 2.64. The molecule has 2 N–H and O–H groups in total. The molecule has 0 spiro atoms. The fourth-order valence-corrected chi connectivity index (χ4v) is 2.64. The second kappa shape index (κ2) is 6.77. The first-order valence-electron chi connectivity index (χ1n) is 7.80. The molecule has 3 rings (SSSR count). The highest BCUT2D eigenvalue weighted by molar-refractivity contribution is 5.73. The summed E-state index contributed by atoms with van der Waals surface area (Å²) in [6.07, 6.45) is 6.49. The number of aromatic nitrogens is 1. The second-order valence-corrected chi connectivity index (χ2v) is 6.20. The van der Waals surface area contributed by atoms with Gasteiger partial charge in [0.25, 0.3) is 0 Å². The summed E-state index contributed by atoms with van der Waals surface area (Å²) in [5.41, 5.74) is 2.21. The molecule has 1 aliphatic carbocycles. The average molecular weight is 313 g/mol. The summed E-state index contributed by atoms with van der Waals surface area (Å²) in [6.45, 7) is 1.11. The van der Waals surface area contributed by atoms with Gasteiger partial charge in [0.05, 0.1) is 0 Å². The Morgan fingerprint density at radius 3 is 2.57 bits per heavy atom. The van der Waals surface area contributed by atoms with Crippen molar-refractivity contribution in [1.29, 1.82) is 0 Å². The molecule has 2 aromatic rings. The summed E-state index contributed by atoms with van der Waals surface area (Å²) >= 11 is 0. The van der Waals surface area contributed by atoms with Crippen LogP contribution in [-0.4, -0.2) is 17.6 Å². The number of nitrogens with one attached hydrogen (secondary N) is 2. The zero-order chi connectivity index (χ0) is 16.1. The number of amides is 2. The van der Waals surface area contributed by atoms with Crippen molar-refractivity contribution in [3.63, 3.8) is 0 Å². The van der Waals surface area contributed by atoms with Gasteiger partial charge < -0.3 is 10.6 Å². The second-order valence-electron chi connectivity index (χ2n) is 6.20. The number of urea groups is 1. The van der Waals surface area contributed by atoms with Gasteiger partial charge in [-0.1, -0.05) is 18.2 Å². The van der Waals surface area contributed by atoms with Crippen LogP contribution in [0.1, 0.15) is 24.0 Å². The maximum Gasteiger partial charge on any atom is 0.315 e. The van der Waals surface area contributed by atoms with Gasteiger partial charge in [0.2, 0.25) is 0 Å². The minimum Gasteiger partial charge on any atom is -0.338 e. The number of hydrogen-bond donors (Lipinski definition) is 2. The van der Waals surface area contributed by atoms with E-state index in [1.807, 2.05) is 24.3 Å². The lowest BCUT2D eigenvalue weighted by Gasteiger charge is -2.16. The van der Waals surface area contributed by atoms with Crippen LogP contribution in [0, 0.1) is 11.2 Å². The molecule has 4 nitrogen and oxygen atoms in total. The molecule has 1 heterocycles. The molecule has 1 fully saturated rings. The number of pyridine rings is 1. The van der Waals surface area contributed by atoms with Gasteiger partial charge in [-0.3, -0.25) is 4.98 Å². The van der Waals surface area contributed by atoms with Crippen molar-refractivity contribution in [2.24, 2.45) is 5.41 Å². The highest BCUT2D eigenvalue weighted by atomic mass is 19.1. The fraction of sp³-hybridized carbons (Fsp3) is 0.333. The van der Waals surface area contributed by atoms with Crippen LogP contribution in [0.25, 0.3) is 0 Å². The number of hydrogen-bond acceptors (Lipinski definition) is 2. The number of benzene rings is 1. The summed E-state index contributed by atoms with van der Waals surface area (Å²) in [5.74, 6) is -0.216. The molecule has 0 atom stereocenters. The van der Waals surface area contributed by atoms with Crippen molar-refractivity contribution >= 4 is 6.03 Å². The van der Waals surface area contributed by atoms with Crippen LogP contribution >= 0.6 is 0 Å².